The van der Waals surface area contributed by atoms with Gasteiger partial charge in [0, 0.05) is 0 Å². The molecule has 0 bridgehead atoms. The average molecular weight is 310 g/mol. The van der Waals surface area contributed by atoms with Crippen LogP contribution in [0.1, 0.15) is 35.3 Å². The zero-order valence-electron chi connectivity index (χ0n) is 13.8. The molecule has 0 aliphatic carbocycles. The fraction of sp³-hybridized carbons (Fsp3) is 0.250. The molecular formula is C20H22O3. The van der Waals surface area contributed by atoms with Gasteiger partial charge in [0.05, 0.1) is 12.7 Å². The SMILES string of the molecule is COC(=O)c1cccc(COc2ccc(CC=C(C)C)cc2)c1. The average Bonchev–Trinajstić information content (AvgIpc) is 2.58. The highest BCUT2D eigenvalue weighted by atomic mass is 16.5. The van der Waals surface area contributed by atoms with E-state index in [0.29, 0.717) is 12.2 Å². The summed E-state index contributed by atoms with van der Waals surface area (Å²) in [5, 5.41) is 0. The van der Waals surface area contributed by atoms with E-state index in [9.17, 15) is 4.79 Å². The van der Waals surface area contributed by atoms with Crippen molar-refractivity contribution in [3.63, 3.8) is 0 Å². The zero-order valence-corrected chi connectivity index (χ0v) is 13.8. The first-order valence-corrected chi connectivity index (χ1v) is 7.61. The second-order valence-electron chi connectivity index (χ2n) is 5.61. The number of esters is 1. The summed E-state index contributed by atoms with van der Waals surface area (Å²) in [5.41, 5.74) is 4.04. The first kappa shape index (κ1) is 16.8. The van der Waals surface area contributed by atoms with Gasteiger partial charge in [0.15, 0.2) is 0 Å². The Bertz CT molecular complexity index is 680. The molecule has 3 nitrogen and oxygen atoms in total. The maximum atomic E-state index is 11.5. The second kappa shape index (κ2) is 8.18. The lowest BCUT2D eigenvalue weighted by Gasteiger charge is -2.08. The van der Waals surface area contributed by atoms with Gasteiger partial charge in [-0.3, -0.25) is 0 Å². The molecule has 120 valence electrons. The van der Waals surface area contributed by atoms with Gasteiger partial charge in [-0.15, -0.1) is 0 Å². The number of allylic oxidation sites excluding steroid dienone is 2. The van der Waals surface area contributed by atoms with Gasteiger partial charge < -0.3 is 9.47 Å². The standard InChI is InChI=1S/C20H22O3/c1-15(2)7-8-16-9-11-19(12-10-16)23-14-17-5-4-6-18(13-17)20(21)22-3/h4-7,9-13H,8,14H2,1-3H3. The Hall–Kier alpha value is -2.55. The third kappa shape index (κ3) is 5.29. The van der Waals surface area contributed by atoms with Gasteiger partial charge in [-0.2, -0.15) is 0 Å². The molecule has 3 heteroatoms. The normalized spacial score (nSPS) is 10.0. The lowest BCUT2D eigenvalue weighted by molar-refractivity contribution is 0.0600. The van der Waals surface area contributed by atoms with Crippen molar-refractivity contribution in [2.24, 2.45) is 0 Å². The molecular weight excluding hydrogens is 288 g/mol. The minimum absolute atomic E-state index is 0.338. The van der Waals surface area contributed by atoms with E-state index in [1.807, 2.05) is 24.3 Å². The van der Waals surface area contributed by atoms with Gasteiger partial charge in [0.25, 0.3) is 0 Å². The number of methoxy groups -OCH3 is 1. The molecule has 2 aromatic rings. The zero-order chi connectivity index (χ0) is 16.7. The molecule has 2 aromatic carbocycles. The van der Waals surface area contributed by atoms with Crippen molar-refractivity contribution in [3.05, 3.63) is 76.9 Å². The quantitative estimate of drug-likeness (QED) is 0.579. The molecule has 0 radical (unpaired) electrons. The molecule has 0 aromatic heterocycles. The van der Waals surface area contributed by atoms with Crippen LogP contribution in [0, 0.1) is 0 Å². The minimum Gasteiger partial charge on any atom is -0.489 e. The number of hydrogen-bond donors (Lipinski definition) is 0. The summed E-state index contributed by atoms with van der Waals surface area (Å²) in [4.78, 5) is 11.5. The van der Waals surface area contributed by atoms with Gasteiger partial charge in [-0.05, 0) is 55.7 Å². The Kier molecular flexibility index (Phi) is 5.98. The molecule has 0 heterocycles. The van der Waals surface area contributed by atoms with E-state index in [1.54, 1.807) is 12.1 Å². The molecule has 2 rings (SSSR count). The van der Waals surface area contributed by atoms with Crippen LogP contribution in [0.15, 0.2) is 60.2 Å². The van der Waals surface area contributed by atoms with Crippen LogP contribution in [-0.4, -0.2) is 13.1 Å². The molecule has 0 amide bonds. The molecule has 0 unspecified atom stereocenters. The molecule has 0 saturated heterocycles. The Morgan fingerprint density at radius 1 is 1.04 bits per heavy atom. The smallest absolute Gasteiger partial charge is 0.337 e. The monoisotopic (exact) mass is 310 g/mol. The molecule has 0 saturated carbocycles. The first-order chi connectivity index (χ1) is 11.1. The summed E-state index contributed by atoms with van der Waals surface area (Å²) in [6.45, 7) is 4.61. The molecule has 23 heavy (non-hydrogen) atoms. The molecule has 0 aliphatic rings. The predicted molar refractivity (Wildman–Crippen MR) is 91.7 cm³/mol. The maximum absolute atomic E-state index is 11.5. The van der Waals surface area contributed by atoms with Crippen molar-refractivity contribution in [1.82, 2.24) is 0 Å². The molecule has 0 N–H and O–H groups in total. The molecule has 0 atom stereocenters. The van der Waals surface area contributed by atoms with E-state index in [4.69, 9.17) is 9.47 Å². The number of carbonyl (C=O) groups excluding carboxylic acids is 1. The Morgan fingerprint density at radius 2 is 1.78 bits per heavy atom. The predicted octanol–water partition coefficient (Wildman–Crippen LogP) is 4.56. The van der Waals surface area contributed by atoms with Crippen molar-refractivity contribution in [2.75, 3.05) is 7.11 Å². The molecule has 0 spiro atoms. The van der Waals surface area contributed by atoms with E-state index in [2.05, 4.69) is 32.1 Å². The lowest BCUT2D eigenvalue weighted by atomic mass is 10.1. The third-order valence-electron chi connectivity index (χ3n) is 3.42. The van der Waals surface area contributed by atoms with Crippen molar-refractivity contribution >= 4 is 5.97 Å². The van der Waals surface area contributed by atoms with E-state index in [-0.39, 0.29) is 5.97 Å². The van der Waals surface area contributed by atoms with Crippen molar-refractivity contribution in [2.45, 2.75) is 26.9 Å². The van der Waals surface area contributed by atoms with E-state index in [1.165, 1.54) is 18.2 Å². The largest absolute Gasteiger partial charge is 0.489 e. The van der Waals surface area contributed by atoms with Crippen LogP contribution in [0.2, 0.25) is 0 Å². The maximum Gasteiger partial charge on any atom is 0.337 e. The Morgan fingerprint density at radius 3 is 2.43 bits per heavy atom. The summed E-state index contributed by atoms with van der Waals surface area (Å²) >= 11 is 0. The third-order valence-corrected chi connectivity index (χ3v) is 3.42. The Labute approximate surface area is 137 Å². The highest BCUT2D eigenvalue weighted by Gasteiger charge is 2.06. The summed E-state index contributed by atoms with van der Waals surface area (Å²) in [5.74, 6) is 0.477. The van der Waals surface area contributed by atoms with E-state index < -0.39 is 0 Å². The van der Waals surface area contributed by atoms with E-state index >= 15 is 0 Å². The van der Waals surface area contributed by atoms with Crippen LogP contribution in [0.4, 0.5) is 0 Å². The van der Waals surface area contributed by atoms with Crippen molar-refractivity contribution in [1.29, 1.82) is 0 Å². The summed E-state index contributed by atoms with van der Waals surface area (Å²) < 4.78 is 10.5. The van der Waals surface area contributed by atoms with Crippen LogP contribution in [0.5, 0.6) is 5.75 Å². The van der Waals surface area contributed by atoms with Crippen LogP contribution >= 0.6 is 0 Å². The van der Waals surface area contributed by atoms with E-state index in [0.717, 1.165) is 17.7 Å². The number of rotatable bonds is 6. The fourth-order valence-corrected chi connectivity index (χ4v) is 2.12. The molecule has 0 fully saturated rings. The van der Waals surface area contributed by atoms with Gasteiger partial charge in [0.2, 0.25) is 0 Å². The van der Waals surface area contributed by atoms with Crippen LogP contribution < -0.4 is 4.74 Å². The number of carbonyl (C=O) groups is 1. The van der Waals surface area contributed by atoms with Crippen molar-refractivity contribution in [3.8, 4) is 5.75 Å². The lowest BCUT2D eigenvalue weighted by Crippen LogP contribution is -2.03. The summed E-state index contributed by atoms with van der Waals surface area (Å²) in [7, 11) is 1.38. The summed E-state index contributed by atoms with van der Waals surface area (Å²) in [6, 6.07) is 15.3. The van der Waals surface area contributed by atoms with Crippen LogP contribution in [0.3, 0.4) is 0 Å². The summed E-state index contributed by atoms with van der Waals surface area (Å²) in [6.07, 6.45) is 3.14. The highest BCUT2D eigenvalue weighted by Crippen LogP contribution is 2.16. The van der Waals surface area contributed by atoms with Gasteiger partial charge in [-0.25, -0.2) is 4.79 Å². The number of ether oxygens (including phenoxy) is 2. The van der Waals surface area contributed by atoms with Gasteiger partial charge >= 0.3 is 5.97 Å². The second-order valence-corrected chi connectivity index (χ2v) is 5.61. The van der Waals surface area contributed by atoms with Gasteiger partial charge in [0.1, 0.15) is 12.4 Å². The topological polar surface area (TPSA) is 35.5 Å². The first-order valence-electron chi connectivity index (χ1n) is 7.61. The Balaban J connectivity index is 1.95. The fourth-order valence-electron chi connectivity index (χ4n) is 2.12. The van der Waals surface area contributed by atoms with Gasteiger partial charge in [-0.1, -0.05) is 35.9 Å². The minimum atomic E-state index is -0.338. The molecule has 0 aliphatic heterocycles. The highest BCUT2D eigenvalue weighted by molar-refractivity contribution is 5.89. The van der Waals surface area contributed by atoms with Crippen LogP contribution in [-0.2, 0) is 17.8 Å². The van der Waals surface area contributed by atoms with Crippen molar-refractivity contribution < 1.29 is 14.3 Å². The number of hydrogen-bond acceptors (Lipinski definition) is 3. The number of benzene rings is 2. The van der Waals surface area contributed by atoms with Crippen LogP contribution in [0.25, 0.3) is 0 Å².